The lowest BCUT2D eigenvalue weighted by Crippen LogP contribution is -2.43. The fourth-order valence-electron chi connectivity index (χ4n) is 0.839. The summed E-state index contributed by atoms with van der Waals surface area (Å²) < 4.78 is 0. The van der Waals surface area contributed by atoms with E-state index < -0.39 is 0 Å². The summed E-state index contributed by atoms with van der Waals surface area (Å²) in [6.07, 6.45) is 0.941. The molecule has 3 nitrogen and oxygen atoms in total. The molecule has 0 aliphatic heterocycles. The van der Waals surface area contributed by atoms with Crippen molar-refractivity contribution in [1.82, 2.24) is 5.32 Å². The van der Waals surface area contributed by atoms with Crippen LogP contribution in [0.5, 0.6) is 0 Å². The summed E-state index contributed by atoms with van der Waals surface area (Å²) in [4.78, 5) is 11.4. The molecule has 4 heteroatoms. The summed E-state index contributed by atoms with van der Waals surface area (Å²) in [6.45, 7) is 8.07. The van der Waals surface area contributed by atoms with Crippen LogP contribution in [-0.4, -0.2) is 29.0 Å². The van der Waals surface area contributed by atoms with Crippen molar-refractivity contribution >= 4 is 17.7 Å². The molecule has 14 heavy (non-hydrogen) atoms. The van der Waals surface area contributed by atoms with Crippen LogP contribution in [0.4, 0.5) is 0 Å². The Hall–Kier alpha value is -0.220. The quantitative estimate of drug-likeness (QED) is 0.708. The first-order valence-corrected chi connectivity index (χ1v) is 6.17. The van der Waals surface area contributed by atoms with Gasteiger partial charge >= 0.3 is 0 Å². The average Bonchev–Trinajstić information content (AvgIpc) is 2.02. The van der Waals surface area contributed by atoms with Gasteiger partial charge in [0, 0.05) is 17.3 Å². The zero-order valence-corrected chi connectivity index (χ0v) is 10.4. The van der Waals surface area contributed by atoms with Gasteiger partial charge in [0.05, 0.1) is 5.75 Å². The van der Waals surface area contributed by atoms with Crippen molar-refractivity contribution in [3.05, 3.63) is 0 Å². The summed E-state index contributed by atoms with van der Waals surface area (Å²) in [5.41, 5.74) is 5.49. The monoisotopic (exact) mass is 218 g/mol. The minimum atomic E-state index is -0.0913. The molecule has 1 amide bonds. The minimum absolute atomic E-state index is 0.0913. The normalized spacial score (nSPS) is 13.8. The van der Waals surface area contributed by atoms with Crippen molar-refractivity contribution in [3.8, 4) is 0 Å². The highest BCUT2D eigenvalue weighted by molar-refractivity contribution is 7.99. The number of nitrogens with one attached hydrogen (secondary N) is 1. The second-order valence-corrected chi connectivity index (χ2v) is 5.31. The smallest absolute Gasteiger partial charge is 0.230 e. The van der Waals surface area contributed by atoms with Gasteiger partial charge < -0.3 is 11.1 Å². The van der Waals surface area contributed by atoms with Gasteiger partial charge in [-0.05, 0) is 27.2 Å². The van der Waals surface area contributed by atoms with Gasteiger partial charge in [0.25, 0.3) is 0 Å². The molecule has 1 atom stereocenters. The molecule has 3 N–H and O–H groups in total. The SMILES string of the molecule is CCC(C)(C)NC(=O)CSCC(C)N. The van der Waals surface area contributed by atoms with Crippen LogP contribution in [0.25, 0.3) is 0 Å². The largest absolute Gasteiger partial charge is 0.351 e. The van der Waals surface area contributed by atoms with Crippen LogP contribution >= 0.6 is 11.8 Å². The van der Waals surface area contributed by atoms with E-state index in [0.717, 1.165) is 12.2 Å². The fraction of sp³-hybridized carbons (Fsp3) is 0.900. The Labute approximate surface area is 91.2 Å². The lowest BCUT2D eigenvalue weighted by Gasteiger charge is -2.24. The van der Waals surface area contributed by atoms with Crippen LogP contribution in [-0.2, 0) is 4.79 Å². The van der Waals surface area contributed by atoms with Crippen molar-refractivity contribution in [3.63, 3.8) is 0 Å². The maximum atomic E-state index is 11.4. The van der Waals surface area contributed by atoms with E-state index in [1.54, 1.807) is 11.8 Å². The maximum Gasteiger partial charge on any atom is 0.230 e. The number of amides is 1. The number of thioether (sulfide) groups is 1. The van der Waals surface area contributed by atoms with Crippen molar-refractivity contribution in [2.45, 2.75) is 45.7 Å². The zero-order valence-electron chi connectivity index (χ0n) is 9.59. The summed E-state index contributed by atoms with van der Waals surface area (Å²) in [7, 11) is 0. The van der Waals surface area contributed by atoms with Gasteiger partial charge in [-0.15, -0.1) is 0 Å². The molecule has 0 aromatic rings. The van der Waals surface area contributed by atoms with E-state index in [1.807, 2.05) is 20.8 Å². The molecule has 0 saturated heterocycles. The van der Waals surface area contributed by atoms with Crippen LogP contribution in [0.15, 0.2) is 0 Å². The fourth-order valence-corrected chi connectivity index (χ4v) is 1.59. The molecule has 1 unspecified atom stereocenters. The molecule has 0 heterocycles. The standard InChI is InChI=1S/C10H22N2OS/c1-5-10(3,4)12-9(13)7-14-6-8(2)11/h8H,5-7,11H2,1-4H3,(H,12,13). The molecular formula is C10H22N2OS. The second-order valence-electron chi connectivity index (χ2n) is 4.28. The van der Waals surface area contributed by atoms with Gasteiger partial charge in [-0.3, -0.25) is 4.79 Å². The lowest BCUT2D eigenvalue weighted by molar-refractivity contribution is -0.120. The maximum absolute atomic E-state index is 11.4. The molecule has 0 aromatic carbocycles. The Kier molecular flexibility index (Phi) is 6.20. The van der Waals surface area contributed by atoms with Crippen molar-refractivity contribution in [2.75, 3.05) is 11.5 Å². The van der Waals surface area contributed by atoms with Crippen molar-refractivity contribution in [1.29, 1.82) is 0 Å². The molecule has 0 fully saturated rings. The molecule has 0 aromatic heterocycles. The number of hydrogen-bond acceptors (Lipinski definition) is 3. The Morgan fingerprint density at radius 1 is 1.57 bits per heavy atom. The van der Waals surface area contributed by atoms with Gasteiger partial charge in [-0.25, -0.2) is 0 Å². The van der Waals surface area contributed by atoms with E-state index in [-0.39, 0.29) is 17.5 Å². The Morgan fingerprint density at radius 3 is 2.57 bits per heavy atom. The van der Waals surface area contributed by atoms with E-state index in [2.05, 4.69) is 12.2 Å². The number of nitrogens with two attached hydrogens (primary N) is 1. The van der Waals surface area contributed by atoms with Crippen molar-refractivity contribution in [2.24, 2.45) is 5.73 Å². The van der Waals surface area contributed by atoms with Crippen molar-refractivity contribution < 1.29 is 4.79 Å². The molecule has 84 valence electrons. The predicted octanol–water partition coefficient (Wildman–Crippen LogP) is 1.37. The molecule has 0 spiro atoms. The molecular weight excluding hydrogens is 196 g/mol. The van der Waals surface area contributed by atoms with E-state index in [0.29, 0.717) is 5.75 Å². The topological polar surface area (TPSA) is 55.1 Å². The van der Waals surface area contributed by atoms with Gasteiger partial charge in [0.2, 0.25) is 5.91 Å². The first-order valence-electron chi connectivity index (χ1n) is 5.01. The molecule has 0 rings (SSSR count). The highest BCUT2D eigenvalue weighted by Crippen LogP contribution is 2.08. The Bertz CT molecular complexity index is 181. The van der Waals surface area contributed by atoms with E-state index in [9.17, 15) is 4.79 Å². The molecule has 0 aliphatic rings. The summed E-state index contributed by atoms with van der Waals surface area (Å²) in [6, 6.07) is 0.159. The third kappa shape index (κ3) is 7.21. The molecule has 0 aliphatic carbocycles. The zero-order chi connectivity index (χ0) is 11.2. The highest BCUT2D eigenvalue weighted by Gasteiger charge is 2.17. The van der Waals surface area contributed by atoms with Crippen LogP contribution in [0, 0.1) is 0 Å². The number of rotatable bonds is 6. The number of carbonyl (C=O) groups excluding carboxylic acids is 1. The lowest BCUT2D eigenvalue weighted by atomic mass is 10.0. The number of carbonyl (C=O) groups is 1. The summed E-state index contributed by atoms with van der Waals surface area (Å²) in [5, 5.41) is 2.98. The van der Waals surface area contributed by atoms with Crippen LogP contribution in [0.3, 0.4) is 0 Å². The second kappa shape index (κ2) is 6.30. The Balaban J connectivity index is 3.66. The minimum Gasteiger partial charge on any atom is -0.351 e. The average molecular weight is 218 g/mol. The molecule has 0 radical (unpaired) electrons. The van der Waals surface area contributed by atoms with Crippen LogP contribution < -0.4 is 11.1 Å². The van der Waals surface area contributed by atoms with Crippen LogP contribution in [0.1, 0.15) is 34.1 Å². The van der Waals surface area contributed by atoms with Gasteiger partial charge in [-0.2, -0.15) is 11.8 Å². The molecule has 0 bridgehead atoms. The third-order valence-corrected chi connectivity index (χ3v) is 3.20. The Morgan fingerprint density at radius 2 is 2.14 bits per heavy atom. The third-order valence-electron chi connectivity index (χ3n) is 1.98. The van der Waals surface area contributed by atoms with E-state index >= 15 is 0 Å². The summed E-state index contributed by atoms with van der Waals surface area (Å²) >= 11 is 1.58. The number of hydrogen-bond donors (Lipinski definition) is 2. The summed E-state index contributed by atoms with van der Waals surface area (Å²) in [5.74, 6) is 1.44. The predicted molar refractivity (Wildman–Crippen MR) is 63.5 cm³/mol. The highest BCUT2D eigenvalue weighted by atomic mass is 32.2. The van der Waals surface area contributed by atoms with Gasteiger partial charge in [-0.1, -0.05) is 6.92 Å². The first-order chi connectivity index (χ1) is 6.37. The molecule has 0 saturated carbocycles. The van der Waals surface area contributed by atoms with Gasteiger partial charge in [0.15, 0.2) is 0 Å². The van der Waals surface area contributed by atoms with Crippen LogP contribution in [0.2, 0.25) is 0 Å². The van der Waals surface area contributed by atoms with Gasteiger partial charge in [0.1, 0.15) is 0 Å². The van der Waals surface area contributed by atoms with E-state index in [1.165, 1.54) is 0 Å². The van der Waals surface area contributed by atoms with E-state index in [4.69, 9.17) is 5.73 Å². The first kappa shape index (κ1) is 13.8.